The second kappa shape index (κ2) is 6.51. The van der Waals surface area contributed by atoms with Gasteiger partial charge in [-0.3, -0.25) is 9.11 Å². The van der Waals surface area contributed by atoms with E-state index in [2.05, 4.69) is 0 Å². The van der Waals surface area contributed by atoms with E-state index in [1.54, 1.807) is 0 Å². The summed E-state index contributed by atoms with van der Waals surface area (Å²) in [6.45, 7) is 0. The molecule has 0 atom stereocenters. The van der Waals surface area contributed by atoms with Crippen LogP contribution in [0.3, 0.4) is 0 Å². The van der Waals surface area contributed by atoms with E-state index in [4.69, 9.17) is 36.2 Å². The normalized spacial score (nSPS) is 10.7. The molecule has 0 rings (SSSR count). The first-order valence-electron chi connectivity index (χ1n) is 1.33. The molecule has 11 heavy (non-hydrogen) atoms. The van der Waals surface area contributed by atoms with Gasteiger partial charge in [0.15, 0.2) is 0 Å². The first kappa shape index (κ1) is 17.9. The molecule has 66 valence electrons. The van der Waals surface area contributed by atoms with E-state index < -0.39 is 20.6 Å². The molecule has 0 heterocycles. The standard InChI is InChI=1S/ClHO4.Na.H2O4S.H/c2-1(3,4)5;;1-5(2,3)4;/h(H,2,3,4,5);;(H2,1,2,3,4);/q;+1;;-1. The predicted octanol–water partition coefficient (Wildman–Crippen LogP) is -7.66. The first-order chi connectivity index (χ1) is 4.00. The van der Waals surface area contributed by atoms with Crippen molar-refractivity contribution in [3.8, 4) is 0 Å². The van der Waals surface area contributed by atoms with Crippen molar-refractivity contribution in [3.63, 3.8) is 0 Å². The number of hydrogen-bond donors (Lipinski definition) is 3. The third-order valence-corrected chi connectivity index (χ3v) is 0. The Kier molecular flexibility index (Phi) is 10.6. The minimum Gasteiger partial charge on any atom is -1.00 e. The van der Waals surface area contributed by atoms with Gasteiger partial charge >= 0.3 is 40.0 Å². The molecule has 0 fully saturated rings. The van der Waals surface area contributed by atoms with E-state index in [1.807, 2.05) is 0 Å². The van der Waals surface area contributed by atoms with E-state index in [9.17, 15) is 0 Å². The maximum atomic E-state index is 8.74. The molecular formula is H4ClNaO8S. The van der Waals surface area contributed by atoms with Crippen LogP contribution in [0.15, 0.2) is 0 Å². The molecule has 0 saturated carbocycles. The van der Waals surface area contributed by atoms with E-state index in [0.717, 1.165) is 0 Å². The molecule has 11 heteroatoms. The molecule has 0 aliphatic heterocycles. The Morgan fingerprint density at radius 2 is 1.18 bits per heavy atom. The van der Waals surface area contributed by atoms with Gasteiger partial charge in [-0.25, -0.2) is 0 Å². The molecule has 8 nitrogen and oxygen atoms in total. The zero-order valence-electron chi connectivity index (χ0n) is 6.17. The van der Waals surface area contributed by atoms with Crippen LogP contribution in [0.25, 0.3) is 0 Å². The zero-order valence-corrected chi connectivity index (χ0v) is 8.74. The van der Waals surface area contributed by atoms with E-state index in [1.165, 1.54) is 0 Å². The van der Waals surface area contributed by atoms with Crippen LogP contribution < -0.4 is 43.5 Å². The third-order valence-electron chi connectivity index (χ3n) is 0. The average molecular weight is 223 g/mol. The molecule has 0 spiro atoms. The molecule has 3 N–H and O–H groups in total. The van der Waals surface area contributed by atoms with Gasteiger partial charge in [0.2, 0.25) is 0 Å². The molecule has 0 aromatic rings. The fourth-order valence-electron chi connectivity index (χ4n) is 0. The van der Waals surface area contributed by atoms with Crippen LogP contribution in [-0.4, -0.2) is 22.2 Å². The Labute approximate surface area is 87.5 Å². The summed E-state index contributed by atoms with van der Waals surface area (Å²) in [4.78, 5) is 0. The van der Waals surface area contributed by atoms with Crippen LogP contribution in [0, 0.1) is 10.2 Å². The molecule has 0 aromatic heterocycles. The maximum Gasteiger partial charge on any atom is 1.00 e. The quantitative estimate of drug-likeness (QED) is 0.269. The summed E-state index contributed by atoms with van der Waals surface area (Å²) < 4.78 is 64.3. The van der Waals surface area contributed by atoms with Gasteiger partial charge in [0.05, 0.1) is 14.9 Å². The van der Waals surface area contributed by atoms with Gasteiger partial charge in [-0.1, -0.05) is 0 Å². The molecule has 0 aromatic carbocycles. The fourth-order valence-corrected chi connectivity index (χ4v) is 0. The molecule has 0 radical (unpaired) electrons. The molecule has 0 aliphatic carbocycles. The zero-order chi connectivity index (χ0) is 9.00. The SMILES string of the molecule is O=S(=O)(O)O.[H-].[Na+].[O-][Cl+3]([O-])([O-])O. The Balaban J connectivity index is -0.0000000457. The van der Waals surface area contributed by atoms with Crippen LogP contribution in [-0.2, 0) is 10.4 Å². The van der Waals surface area contributed by atoms with Crippen molar-refractivity contribution in [2.75, 3.05) is 0 Å². The molecule has 0 saturated heterocycles. The number of halogens is 1. The summed E-state index contributed by atoms with van der Waals surface area (Å²) in [5.74, 6) is 0. The molecule has 0 bridgehead atoms. The largest absolute Gasteiger partial charge is 1.00 e. The predicted molar refractivity (Wildman–Crippen MR) is 17.5 cm³/mol. The van der Waals surface area contributed by atoms with Crippen molar-refractivity contribution in [3.05, 3.63) is 0 Å². The Bertz CT molecular complexity index is 154. The van der Waals surface area contributed by atoms with Crippen molar-refractivity contribution in [1.82, 2.24) is 0 Å². The van der Waals surface area contributed by atoms with Crippen LogP contribution in [0.1, 0.15) is 1.43 Å². The van der Waals surface area contributed by atoms with Gasteiger partial charge in [0.25, 0.3) is 0 Å². The first-order valence-corrected chi connectivity index (χ1v) is 3.99. The molecule has 0 amide bonds. The van der Waals surface area contributed by atoms with E-state index in [0.29, 0.717) is 0 Å². The Morgan fingerprint density at radius 3 is 1.18 bits per heavy atom. The second-order valence-electron chi connectivity index (χ2n) is 0.844. The minimum absolute atomic E-state index is 0. The van der Waals surface area contributed by atoms with Crippen molar-refractivity contribution >= 4 is 10.4 Å². The van der Waals surface area contributed by atoms with Crippen LogP contribution >= 0.6 is 0 Å². The summed E-state index contributed by atoms with van der Waals surface area (Å²) >= 11 is 0. The summed E-state index contributed by atoms with van der Waals surface area (Å²) in [7, 11) is -9.36. The second-order valence-corrected chi connectivity index (χ2v) is 2.53. The Hall–Kier alpha value is 1.000. The topological polar surface area (TPSA) is 164 Å². The van der Waals surface area contributed by atoms with Gasteiger partial charge in [-0.05, 0) is 0 Å². The summed E-state index contributed by atoms with van der Waals surface area (Å²) in [6, 6.07) is 0. The van der Waals surface area contributed by atoms with Crippen LogP contribution in [0.5, 0.6) is 0 Å². The van der Waals surface area contributed by atoms with Crippen molar-refractivity contribution in [2.45, 2.75) is 0 Å². The van der Waals surface area contributed by atoms with E-state index in [-0.39, 0.29) is 31.0 Å². The van der Waals surface area contributed by atoms with Gasteiger partial charge < -0.3 is 1.43 Å². The van der Waals surface area contributed by atoms with Crippen LogP contribution in [0.4, 0.5) is 0 Å². The molecule has 0 aliphatic rings. The van der Waals surface area contributed by atoms with Crippen molar-refractivity contribution < 1.29 is 77.4 Å². The monoisotopic (exact) mass is 222 g/mol. The summed E-state index contributed by atoms with van der Waals surface area (Å²) in [5, 5.41) is 0. The van der Waals surface area contributed by atoms with E-state index >= 15 is 0 Å². The van der Waals surface area contributed by atoms with Crippen molar-refractivity contribution in [2.24, 2.45) is 0 Å². The van der Waals surface area contributed by atoms with Gasteiger partial charge in [0.1, 0.15) is 0 Å². The van der Waals surface area contributed by atoms with Crippen LogP contribution in [0.2, 0.25) is 0 Å². The van der Waals surface area contributed by atoms with Gasteiger partial charge in [0, 0.05) is 0 Å². The number of rotatable bonds is 0. The molecular weight excluding hydrogens is 219 g/mol. The Morgan fingerprint density at radius 1 is 1.18 bits per heavy atom. The third kappa shape index (κ3) is 891. The average Bonchev–Trinajstić information content (AvgIpc) is 1.12. The minimum atomic E-state index is -4.69. The smallest absolute Gasteiger partial charge is 1.00 e. The van der Waals surface area contributed by atoms with Gasteiger partial charge in [-0.2, -0.15) is 22.4 Å². The van der Waals surface area contributed by atoms with Crippen molar-refractivity contribution in [1.29, 1.82) is 0 Å². The fraction of sp³-hybridized carbons (Fsp3) is 0. The molecule has 0 unspecified atom stereocenters. The maximum absolute atomic E-state index is 8.74. The summed E-state index contributed by atoms with van der Waals surface area (Å²) in [6.07, 6.45) is 0. The van der Waals surface area contributed by atoms with Gasteiger partial charge in [-0.15, -0.1) is 0 Å². The summed E-state index contributed by atoms with van der Waals surface area (Å²) in [5.41, 5.74) is 0. The number of hydrogen-bond acceptors (Lipinski definition) is 6.